The number of aromatic nitrogens is 4. The van der Waals surface area contributed by atoms with E-state index >= 15 is 0 Å². The van der Waals surface area contributed by atoms with Crippen molar-refractivity contribution in [3.05, 3.63) is 53.7 Å². The molecule has 0 spiro atoms. The number of pyridine rings is 1. The van der Waals surface area contributed by atoms with Crippen molar-refractivity contribution in [1.82, 2.24) is 19.9 Å². The van der Waals surface area contributed by atoms with Gasteiger partial charge in [-0.25, -0.2) is 13.8 Å². The fourth-order valence-corrected chi connectivity index (χ4v) is 4.65. The fourth-order valence-electron chi connectivity index (χ4n) is 4.65. The molecule has 2 aromatic heterocycles. The lowest BCUT2D eigenvalue weighted by Crippen LogP contribution is -2.48. The molecule has 0 bridgehead atoms. The molecule has 36 heavy (non-hydrogen) atoms. The van der Waals surface area contributed by atoms with Gasteiger partial charge in [-0.15, -0.1) is 0 Å². The van der Waals surface area contributed by atoms with Crippen molar-refractivity contribution in [3.8, 4) is 11.4 Å². The smallest absolute Gasteiger partial charge is 0.353 e. The highest BCUT2D eigenvalue weighted by Crippen LogP contribution is 2.35. The summed E-state index contributed by atoms with van der Waals surface area (Å²) >= 11 is 0. The minimum absolute atomic E-state index is 0.109. The van der Waals surface area contributed by atoms with E-state index in [4.69, 9.17) is 0 Å². The standard InChI is InChI=1S/C24H24F5N7/c1-15-4-3-7-36(15)23-32-20(16-12-17(25)14-18(26)13-16)31-22(33-23)35-10-8-34(9-11-35)21-19(24(27,28)29)5-2-6-30-21/h2,5-6,12-15H,3-4,7-11H2,1H3. The summed E-state index contributed by atoms with van der Waals surface area (Å²) in [5.41, 5.74) is -0.592. The number of rotatable bonds is 4. The van der Waals surface area contributed by atoms with Crippen LogP contribution >= 0.6 is 0 Å². The predicted molar refractivity (Wildman–Crippen MR) is 125 cm³/mol. The minimum atomic E-state index is -4.51. The maximum atomic E-state index is 13.9. The Morgan fingerprint density at radius 3 is 2.17 bits per heavy atom. The van der Waals surface area contributed by atoms with Crippen LogP contribution in [-0.2, 0) is 6.18 Å². The molecule has 0 amide bonds. The van der Waals surface area contributed by atoms with Crippen LogP contribution in [0.3, 0.4) is 0 Å². The molecule has 0 aliphatic carbocycles. The van der Waals surface area contributed by atoms with Gasteiger partial charge in [-0.3, -0.25) is 0 Å². The Bertz CT molecular complexity index is 1220. The van der Waals surface area contributed by atoms with Crippen molar-refractivity contribution in [1.29, 1.82) is 0 Å². The van der Waals surface area contributed by atoms with Gasteiger partial charge in [0.1, 0.15) is 17.5 Å². The van der Waals surface area contributed by atoms with Gasteiger partial charge in [0.15, 0.2) is 5.82 Å². The normalized spacial score (nSPS) is 18.7. The van der Waals surface area contributed by atoms with Gasteiger partial charge in [0.25, 0.3) is 0 Å². The van der Waals surface area contributed by atoms with E-state index < -0.39 is 23.4 Å². The molecule has 2 saturated heterocycles. The van der Waals surface area contributed by atoms with Crippen LogP contribution in [0.25, 0.3) is 11.4 Å². The molecule has 1 aromatic carbocycles. The Balaban J connectivity index is 1.45. The van der Waals surface area contributed by atoms with Crippen molar-refractivity contribution < 1.29 is 22.0 Å². The Kier molecular flexibility index (Phi) is 6.35. The van der Waals surface area contributed by atoms with E-state index in [0.717, 1.165) is 43.7 Å². The maximum Gasteiger partial charge on any atom is 0.419 e. The second-order valence-corrected chi connectivity index (χ2v) is 8.95. The highest BCUT2D eigenvalue weighted by Gasteiger charge is 2.36. The van der Waals surface area contributed by atoms with Crippen LogP contribution in [-0.4, -0.2) is 58.7 Å². The molecule has 5 rings (SSSR count). The molecular weight excluding hydrogens is 481 g/mol. The van der Waals surface area contributed by atoms with Crippen LogP contribution in [0.2, 0.25) is 0 Å². The van der Waals surface area contributed by atoms with E-state index in [-0.39, 0.29) is 36.3 Å². The van der Waals surface area contributed by atoms with Crippen LogP contribution < -0.4 is 14.7 Å². The van der Waals surface area contributed by atoms with E-state index in [1.165, 1.54) is 12.3 Å². The van der Waals surface area contributed by atoms with E-state index in [1.807, 2.05) is 9.80 Å². The summed E-state index contributed by atoms with van der Waals surface area (Å²) in [4.78, 5) is 23.1. The van der Waals surface area contributed by atoms with Crippen molar-refractivity contribution in [2.45, 2.75) is 32.0 Å². The van der Waals surface area contributed by atoms with Crippen LogP contribution in [0.4, 0.5) is 39.7 Å². The summed E-state index contributed by atoms with van der Waals surface area (Å²) in [6.45, 7) is 4.01. The summed E-state index contributed by atoms with van der Waals surface area (Å²) in [6.07, 6.45) is -1.23. The van der Waals surface area contributed by atoms with E-state index in [0.29, 0.717) is 25.0 Å². The van der Waals surface area contributed by atoms with Gasteiger partial charge in [0, 0.05) is 56.6 Å². The summed E-state index contributed by atoms with van der Waals surface area (Å²) < 4.78 is 68.3. The number of alkyl halides is 3. The predicted octanol–water partition coefficient (Wildman–Crippen LogP) is 4.55. The summed E-state index contributed by atoms with van der Waals surface area (Å²) in [5, 5.41) is 0. The van der Waals surface area contributed by atoms with Crippen molar-refractivity contribution in [3.63, 3.8) is 0 Å². The minimum Gasteiger partial charge on any atom is -0.353 e. The summed E-state index contributed by atoms with van der Waals surface area (Å²) in [5.74, 6) is -0.728. The highest BCUT2D eigenvalue weighted by molar-refractivity contribution is 5.59. The number of benzene rings is 1. The van der Waals surface area contributed by atoms with Crippen LogP contribution in [0.1, 0.15) is 25.3 Å². The van der Waals surface area contributed by atoms with E-state index in [2.05, 4.69) is 26.9 Å². The first-order chi connectivity index (χ1) is 17.2. The van der Waals surface area contributed by atoms with Crippen molar-refractivity contribution in [2.75, 3.05) is 47.4 Å². The third-order valence-electron chi connectivity index (χ3n) is 6.50. The van der Waals surface area contributed by atoms with E-state index in [1.54, 1.807) is 4.90 Å². The first-order valence-electron chi connectivity index (χ1n) is 11.7. The lowest BCUT2D eigenvalue weighted by Gasteiger charge is -2.36. The number of piperazine rings is 1. The van der Waals surface area contributed by atoms with Gasteiger partial charge < -0.3 is 14.7 Å². The molecule has 0 radical (unpaired) electrons. The molecule has 0 saturated carbocycles. The molecular formula is C24H24F5N7. The lowest BCUT2D eigenvalue weighted by atomic mass is 10.2. The zero-order valence-corrected chi connectivity index (χ0v) is 19.5. The molecule has 0 N–H and O–H groups in total. The molecule has 12 heteroatoms. The summed E-state index contributed by atoms with van der Waals surface area (Å²) in [6, 6.07) is 5.59. The van der Waals surface area contributed by atoms with Gasteiger partial charge in [0.05, 0.1) is 5.56 Å². The SMILES string of the molecule is CC1CCCN1c1nc(-c2cc(F)cc(F)c2)nc(N2CCN(c3ncccc3C(F)(F)F)CC2)n1. The second kappa shape index (κ2) is 9.47. The molecule has 4 heterocycles. The summed E-state index contributed by atoms with van der Waals surface area (Å²) in [7, 11) is 0. The Labute approximate surface area is 204 Å². The van der Waals surface area contributed by atoms with Crippen LogP contribution in [0, 0.1) is 11.6 Å². The second-order valence-electron chi connectivity index (χ2n) is 8.95. The van der Waals surface area contributed by atoms with Gasteiger partial charge in [-0.2, -0.15) is 28.1 Å². The van der Waals surface area contributed by atoms with E-state index in [9.17, 15) is 22.0 Å². The Morgan fingerprint density at radius 1 is 0.861 bits per heavy atom. The van der Waals surface area contributed by atoms with Gasteiger partial charge in [-0.1, -0.05) is 0 Å². The van der Waals surface area contributed by atoms with Gasteiger partial charge >= 0.3 is 6.18 Å². The quantitative estimate of drug-likeness (QED) is 0.483. The Hall–Kier alpha value is -3.57. The zero-order chi connectivity index (χ0) is 25.4. The van der Waals surface area contributed by atoms with Gasteiger partial charge in [-0.05, 0) is 44.0 Å². The number of nitrogens with zero attached hydrogens (tertiary/aromatic N) is 7. The fraction of sp³-hybridized carbons (Fsp3) is 0.417. The average molecular weight is 505 g/mol. The molecule has 1 unspecified atom stereocenters. The number of hydrogen-bond acceptors (Lipinski definition) is 7. The van der Waals surface area contributed by atoms with Crippen molar-refractivity contribution >= 4 is 17.7 Å². The molecule has 2 aliphatic rings. The molecule has 7 nitrogen and oxygen atoms in total. The van der Waals surface area contributed by atoms with Crippen molar-refractivity contribution in [2.24, 2.45) is 0 Å². The lowest BCUT2D eigenvalue weighted by molar-refractivity contribution is -0.137. The molecule has 3 aromatic rings. The molecule has 2 fully saturated rings. The zero-order valence-electron chi connectivity index (χ0n) is 19.5. The number of hydrogen-bond donors (Lipinski definition) is 0. The Morgan fingerprint density at radius 2 is 1.53 bits per heavy atom. The van der Waals surface area contributed by atoms with Crippen LogP contribution in [0.15, 0.2) is 36.5 Å². The third kappa shape index (κ3) is 4.89. The first-order valence-corrected chi connectivity index (χ1v) is 11.7. The van der Waals surface area contributed by atoms with Gasteiger partial charge in [0.2, 0.25) is 11.9 Å². The number of halogens is 5. The topological polar surface area (TPSA) is 61.3 Å². The molecule has 2 aliphatic heterocycles. The molecule has 190 valence electrons. The van der Waals surface area contributed by atoms with Crippen LogP contribution in [0.5, 0.6) is 0 Å². The third-order valence-corrected chi connectivity index (χ3v) is 6.50. The largest absolute Gasteiger partial charge is 0.419 e. The first kappa shape index (κ1) is 24.1. The average Bonchev–Trinajstić information content (AvgIpc) is 3.28. The molecule has 1 atom stereocenters. The number of anilines is 3. The monoisotopic (exact) mass is 505 g/mol. The highest BCUT2D eigenvalue weighted by atomic mass is 19.4. The maximum absolute atomic E-state index is 13.9.